The molecule has 0 aliphatic rings. The summed E-state index contributed by atoms with van der Waals surface area (Å²) in [7, 11) is -9.92. The summed E-state index contributed by atoms with van der Waals surface area (Å²) in [5, 5.41) is 10.7. The van der Waals surface area contributed by atoms with Gasteiger partial charge >= 0.3 is 39.5 Å². The standard InChI is InChI=1S/C84H164O17P2/c1-5-9-13-17-21-25-29-33-36-38-39-40-41-44-47-51-55-59-63-67-71-84(89)101-80(75-95-82(87)69-65-61-57-53-49-45-43-37-34-30-26-22-18-14-10-6-2)77-99-103(92,93)97-73-78(85)72-96-102(90,91)98-76-79(74-94-81(86)68-64-60-56-52-48-32-28-24-20-16-12-8-4)100-83(88)70-66-62-58-54-50-46-42-35-31-27-23-19-15-11-7-3/h78-80,85H,5-77H2,1-4H3,(H,90,91)(H,92,93)/t78-,79+,80+/m0/s1. The molecule has 5 atom stereocenters. The van der Waals surface area contributed by atoms with Crippen LogP contribution in [0.2, 0.25) is 0 Å². The molecule has 0 aromatic carbocycles. The highest BCUT2D eigenvalue weighted by Gasteiger charge is 2.30. The van der Waals surface area contributed by atoms with Gasteiger partial charge in [0.2, 0.25) is 0 Å². The van der Waals surface area contributed by atoms with Crippen LogP contribution >= 0.6 is 15.6 Å². The highest BCUT2D eigenvalue weighted by molar-refractivity contribution is 7.47. The molecule has 0 radical (unpaired) electrons. The number of rotatable bonds is 85. The van der Waals surface area contributed by atoms with Gasteiger partial charge in [-0.3, -0.25) is 37.3 Å². The second kappa shape index (κ2) is 78.2. The molecule has 0 aromatic heterocycles. The van der Waals surface area contributed by atoms with Crippen molar-refractivity contribution < 1.29 is 80.2 Å². The second-order valence-electron chi connectivity index (χ2n) is 30.2. The van der Waals surface area contributed by atoms with E-state index in [2.05, 4.69) is 27.7 Å². The Hall–Kier alpha value is -1.94. The van der Waals surface area contributed by atoms with Crippen molar-refractivity contribution in [3.63, 3.8) is 0 Å². The van der Waals surface area contributed by atoms with Gasteiger partial charge in [-0.2, -0.15) is 0 Å². The third-order valence-corrected chi connectivity index (χ3v) is 21.8. The van der Waals surface area contributed by atoms with E-state index in [1.54, 1.807) is 0 Å². The molecule has 0 aliphatic carbocycles. The van der Waals surface area contributed by atoms with Crippen LogP contribution < -0.4 is 0 Å². The van der Waals surface area contributed by atoms with Gasteiger partial charge in [-0.1, -0.05) is 407 Å². The number of aliphatic hydroxyl groups is 1. The summed E-state index contributed by atoms with van der Waals surface area (Å²) in [6.07, 6.45) is 72.0. The van der Waals surface area contributed by atoms with Gasteiger partial charge < -0.3 is 33.8 Å². The van der Waals surface area contributed by atoms with Gasteiger partial charge in [0, 0.05) is 25.7 Å². The third-order valence-electron chi connectivity index (χ3n) is 19.9. The molecular formula is C84H164O17P2. The summed E-state index contributed by atoms with van der Waals surface area (Å²) in [6, 6.07) is 0. The van der Waals surface area contributed by atoms with E-state index in [-0.39, 0.29) is 25.7 Å². The minimum atomic E-state index is -4.96. The van der Waals surface area contributed by atoms with Gasteiger partial charge in [-0.25, -0.2) is 9.13 Å². The molecule has 0 rings (SSSR count). The van der Waals surface area contributed by atoms with Crippen LogP contribution in [-0.4, -0.2) is 96.7 Å². The van der Waals surface area contributed by atoms with E-state index >= 15 is 0 Å². The average Bonchev–Trinajstić information content (AvgIpc) is 0.948. The molecule has 0 aliphatic heterocycles. The monoisotopic (exact) mass is 1510 g/mol. The summed E-state index contributed by atoms with van der Waals surface area (Å²) in [5.74, 6) is -2.10. The van der Waals surface area contributed by atoms with Crippen LogP contribution in [0.25, 0.3) is 0 Å². The molecule has 612 valence electrons. The maximum Gasteiger partial charge on any atom is 0.472 e. The van der Waals surface area contributed by atoms with Crippen LogP contribution in [0.15, 0.2) is 0 Å². The molecule has 0 heterocycles. The highest BCUT2D eigenvalue weighted by Crippen LogP contribution is 2.45. The third kappa shape index (κ3) is 78.0. The molecule has 0 saturated heterocycles. The van der Waals surface area contributed by atoms with Crippen molar-refractivity contribution in [1.82, 2.24) is 0 Å². The lowest BCUT2D eigenvalue weighted by molar-refractivity contribution is -0.161. The molecule has 0 saturated carbocycles. The Bertz CT molecular complexity index is 1950. The maximum absolute atomic E-state index is 13.1. The molecule has 19 heteroatoms. The first-order valence-electron chi connectivity index (χ1n) is 43.8. The molecule has 0 aromatic rings. The number of esters is 4. The van der Waals surface area contributed by atoms with Gasteiger partial charge in [0.15, 0.2) is 12.2 Å². The fraction of sp³-hybridized carbons (Fsp3) is 0.952. The minimum absolute atomic E-state index is 0.109. The summed E-state index contributed by atoms with van der Waals surface area (Å²) in [6.45, 7) is 5.05. The number of phosphoric acid groups is 2. The number of ether oxygens (including phenoxy) is 4. The first kappa shape index (κ1) is 101. The first-order chi connectivity index (χ1) is 50.2. The summed E-state index contributed by atoms with van der Waals surface area (Å²) < 4.78 is 68.9. The zero-order chi connectivity index (χ0) is 75.3. The van der Waals surface area contributed by atoms with Crippen molar-refractivity contribution in [2.45, 2.75) is 476 Å². The fourth-order valence-corrected chi connectivity index (χ4v) is 14.7. The molecule has 103 heavy (non-hydrogen) atoms. The van der Waals surface area contributed by atoms with Crippen molar-refractivity contribution in [2.24, 2.45) is 0 Å². The largest absolute Gasteiger partial charge is 0.472 e. The van der Waals surface area contributed by atoms with Crippen LogP contribution in [0, 0.1) is 0 Å². The van der Waals surface area contributed by atoms with Gasteiger partial charge in [-0.15, -0.1) is 0 Å². The Morgan fingerprint density at radius 3 is 0.573 bits per heavy atom. The summed E-state index contributed by atoms with van der Waals surface area (Å²) >= 11 is 0. The molecule has 17 nitrogen and oxygen atoms in total. The van der Waals surface area contributed by atoms with Crippen molar-refractivity contribution in [3.05, 3.63) is 0 Å². The molecule has 3 N–H and O–H groups in total. The molecule has 0 fully saturated rings. The Kier molecular flexibility index (Phi) is 76.7. The van der Waals surface area contributed by atoms with Crippen molar-refractivity contribution in [1.29, 1.82) is 0 Å². The summed E-state index contributed by atoms with van der Waals surface area (Å²) in [4.78, 5) is 73.2. The van der Waals surface area contributed by atoms with E-state index in [4.69, 9.17) is 37.0 Å². The fourth-order valence-electron chi connectivity index (χ4n) is 13.2. The average molecular weight is 1510 g/mol. The van der Waals surface area contributed by atoms with Crippen LogP contribution in [0.1, 0.15) is 458 Å². The van der Waals surface area contributed by atoms with E-state index in [0.717, 1.165) is 89.9 Å². The SMILES string of the molecule is CCCCCCCCCCCCCCCCCCCCCCC(=O)O[C@H](COC(=O)CCCCCCCCCCCCCCCCCC)COP(=O)(O)OC[C@@H](O)COP(=O)(O)OC[C@@H](COC(=O)CCCCCCCCCCCCCC)OC(=O)CCCCCCCCCCCCCCCCC. The number of hydrogen-bond acceptors (Lipinski definition) is 15. The zero-order valence-electron chi connectivity index (χ0n) is 67.3. The smallest absolute Gasteiger partial charge is 0.462 e. The topological polar surface area (TPSA) is 237 Å². The lowest BCUT2D eigenvalue weighted by Gasteiger charge is -2.21. The number of carbonyl (C=O) groups is 4. The quantitative estimate of drug-likeness (QED) is 0.0222. The van der Waals surface area contributed by atoms with Crippen LogP contribution in [0.3, 0.4) is 0 Å². The Morgan fingerprint density at radius 1 is 0.233 bits per heavy atom. The number of hydrogen-bond donors (Lipinski definition) is 3. The Labute approximate surface area is 632 Å². The molecule has 0 bridgehead atoms. The van der Waals surface area contributed by atoms with Gasteiger partial charge in [0.05, 0.1) is 26.4 Å². The van der Waals surface area contributed by atoms with Crippen molar-refractivity contribution >= 4 is 39.5 Å². The normalized spacial score (nSPS) is 13.7. The minimum Gasteiger partial charge on any atom is -0.462 e. The number of unbranched alkanes of at least 4 members (excludes halogenated alkanes) is 59. The van der Waals surface area contributed by atoms with E-state index in [1.165, 1.54) is 289 Å². The van der Waals surface area contributed by atoms with Gasteiger partial charge in [0.1, 0.15) is 19.3 Å². The summed E-state index contributed by atoms with van der Waals surface area (Å²) in [5.41, 5.74) is 0. The van der Waals surface area contributed by atoms with Crippen LogP contribution in [-0.2, 0) is 65.4 Å². The molecule has 0 spiro atoms. The number of carbonyl (C=O) groups excluding carboxylic acids is 4. The Balaban J connectivity index is 5.24. The van der Waals surface area contributed by atoms with Crippen molar-refractivity contribution in [2.75, 3.05) is 39.6 Å². The molecule has 2 unspecified atom stereocenters. The van der Waals surface area contributed by atoms with Crippen molar-refractivity contribution in [3.8, 4) is 0 Å². The van der Waals surface area contributed by atoms with Crippen LogP contribution in [0.4, 0.5) is 0 Å². The second-order valence-corrected chi connectivity index (χ2v) is 33.1. The molecular weight excluding hydrogens is 1340 g/mol. The van der Waals surface area contributed by atoms with E-state index in [9.17, 15) is 43.2 Å². The first-order valence-corrected chi connectivity index (χ1v) is 46.8. The Morgan fingerprint density at radius 2 is 0.388 bits per heavy atom. The van der Waals surface area contributed by atoms with E-state index in [0.29, 0.717) is 25.7 Å². The lowest BCUT2D eigenvalue weighted by atomic mass is 10.0. The number of phosphoric ester groups is 2. The van der Waals surface area contributed by atoms with Gasteiger partial charge in [0.25, 0.3) is 0 Å². The highest BCUT2D eigenvalue weighted by atomic mass is 31.2. The predicted molar refractivity (Wildman–Crippen MR) is 423 cm³/mol. The van der Waals surface area contributed by atoms with E-state index in [1.807, 2.05) is 0 Å². The number of aliphatic hydroxyl groups excluding tert-OH is 1. The van der Waals surface area contributed by atoms with Gasteiger partial charge in [-0.05, 0) is 25.7 Å². The predicted octanol–water partition coefficient (Wildman–Crippen LogP) is 25.7. The molecule has 0 amide bonds. The van der Waals surface area contributed by atoms with Crippen LogP contribution in [0.5, 0.6) is 0 Å². The lowest BCUT2D eigenvalue weighted by Crippen LogP contribution is -2.30. The maximum atomic E-state index is 13.1. The zero-order valence-corrected chi connectivity index (χ0v) is 69.1. The van der Waals surface area contributed by atoms with E-state index < -0.39 is 97.5 Å².